The van der Waals surface area contributed by atoms with Gasteiger partial charge in [0.05, 0.1) is 6.61 Å². The molecule has 0 bridgehead atoms. The van der Waals surface area contributed by atoms with E-state index in [1.165, 1.54) is 12.8 Å². The zero-order valence-electron chi connectivity index (χ0n) is 12.3. The minimum Gasteiger partial charge on any atom is -0.380 e. The maximum absolute atomic E-state index is 12.1. The van der Waals surface area contributed by atoms with E-state index < -0.39 is 0 Å². The fourth-order valence-electron chi connectivity index (χ4n) is 2.63. The summed E-state index contributed by atoms with van der Waals surface area (Å²) in [7, 11) is 1.68. The normalized spacial score (nSPS) is 16.9. The van der Waals surface area contributed by atoms with Crippen molar-refractivity contribution in [2.45, 2.75) is 51.3 Å². The van der Waals surface area contributed by atoms with Gasteiger partial charge in [-0.2, -0.15) is 0 Å². The van der Waals surface area contributed by atoms with Crippen molar-refractivity contribution < 1.29 is 9.53 Å². The summed E-state index contributed by atoms with van der Waals surface area (Å²) < 4.78 is 5.12. The van der Waals surface area contributed by atoms with Crippen LogP contribution in [-0.4, -0.2) is 25.1 Å². The first-order valence-corrected chi connectivity index (χ1v) is 7.34. The van der Waals surface area contributed by atoms with Crippen molar-refractivity contribution in [2.75, 3.05) is 12.4 Å². The van der Waals surface area contributed by atoms with Crippen LogP contribution in [0.2, 0.25) is 0 Å². The summed E-state index contributed by atoms with van der Waals surface area (Å²) in [5.41, 5.74) is 2.05. The summed E-state index contributed by atoms with van der Waals surface area (Å²) in [4.78, 5) is 12.1. The van der Waals surface area contributed by atoms with Gasteiger partial charge in [0.15, 0.2) is 0 Å². The van der Waals surface area contributed by atoms with Crippen LogP contribution in [-0.2, 0) is 16.1 Å². The molecule has 1 aliphatic rings. The molecule has 1 unspecified atom stereocenters. The molecule has 4 nitrogen and oxygen atoms in total. The molecule has 0 aromatic heterocycles. The molecule has 1 saturated carbocycles. The van der Waals surface area contributed by atoms with E-state index >= 15 is 0 Å². The number of rotatable bonds is 6. The van der Waals surface area contributed by atoms with Crippen LogP contribution < -0.4 is 10.6 Å². The predicted octanol–water partition coefficient (Wildman–Crippen LogP) is 2.69. The summed E-state index contributed by atoms with van der Waals surface area (Å²) in [5.74, 6) is 0.0778. The van der Waals surface area contributed by atoms with Gasteiger partial charge in [0, 0.05) is 18.8 Å². The molecule has 1 aliphatic carbocycles. The van der Waals surface area contributed by atoms with Crippen molar-refractivity contribution in [1.29, 1.82) is 0 Å². The molecule has 1 aromatic carbocycles. The molecular weight excluding hydrogens is 252 g/mol. The molecule has 1 atom stereocenters. The van der Waals surface area contributed by atoms with Crippen molar-refractivity contribution in [3.63, 3.8) is 0 Å². The Bertz CT molecular complexity index is 442. The Labute approximate surface area is 120 Å². The Morgan fingerprint density at radius 2 is 2.15 bits per heavy atom. The molecule has 0 spiro atoms. The first-order valence-electron chi connectivity index (χ1n) is 7.34. The quantitative estimate of drug-likeness (QED) is 0.840. The van der Waals surface area contributed by atoms with Gasteiger partial charge in [0.1, 0.15) is 6.04 Å². The molecule has 110 valence electrons. The highest BCUT2D eigenvalue weighted by Crippen LogP contribution is 2.18. The van der Waals surface area contributed by atoms with E-state index in [4.69, 9.17) is 4.74 Å². The fraction of sp³-hybridized carbons (Fsp3) is 0.562. The third-order valence-corrected chi connectivity index (χ3v) is 3.72. The van der Waals surface area contributed by atoms with Crippen LogP contribution >= 0.6 is 0 Å². The van der Waals surface area contributed by atoms with Crippen LogP contribution in [0, 0.1) is 0 Å². The van der Waals surface area contributed by atoms with Crippen LogP contribution in [0.25, 0.3) is 0 Å². The van der Waals surface area contributed by atoms with Gasteiger partial charge in [-0.25, -0.2) is 0 Å². The van der Waals surface area contributed by atoms with Crippen molar-refractivity contribution in [2.24, 2.45) is 0 Å². The van der Waals surface area contributed by atoms with Gasteiger partial charge in [-0.05, 0) is 37.5 Å². The third kappa shape index (κ3) is 4.23. The van der Waals surface area contributed by atoms with Crippen LogP contribution in [0.1, 0.15) is 38.2 Å². The molecule has 0 radical (unpaired) electrons. The number of methoxy groups -OCH3 is 1. The molecule has 0 saturated heterocycles. The van der Waals surface area contributed by atoms with E-state index in [1.54, 1.807) is 7.11 Å². The fourth-order valence-corrected chi connectivity index (χ4v) is 2.63. The lowest BCUT2D eigenvalue weighted by Gasteiger charge is -2.19. The second-order valence-electron chi connectivity index (χ2n) is 5.49. The second-order valence-corrected chi connectivity index (χ2v) is 5.49. The molecule has 1 fully saturated rings. The van der Waals surface area contributed by atoms with Gasteiger partial charge in [-0.15, -0.1) is 0 Å². The van der Waals surface area contributed by atoms with E-state index in [-0.39, 0.29) is 11.9 Å². The number of hydrogen-bond acceptors (Lipinski definition) is 3. The van der Waals surface area contributed by atoms with Gasteiger partial charge < -0.3 is 15.4 Å². The Hall–Kier alpha value is -1.55. The molecule has 2 N–H and O–H groups in total. The number of carbonyl (C=O) groups is 1. The zero-order valence-corrected chi connectivity index (χ0v) is 12.3. The zero-order chi connectivity index (χ0) is 14.4. The summed E-state index contributed by atoms with van der Waals surface area (Å²) in [5, 5.41) is 6.36. The largest absolute Gasteiger partial charge is 0.380 e. The SMILES string of the molecule is COCc1cccc(NC(C)C(=O)NC2CCCC2)c1. The Morgan fingerprint density at radius 1 is 1.40 bits per heavy atom. The molecule has 1 amide bonds. The summed E-state index contributed by atoms with van der Waals surface area (Å²) in [6, 6.07) is 8.11. The van der Waals surface area contributed by atoms with Crippen molar-refractivity contribution >= 4 is 11.6 Å². The Kier molecular flexibility index (Phi) is 5.41. The van der Waals surface area contributed by atoms with E-state index in [0.717, 1.165) is 24.1 Å². The summed E-state index contributed by atoms with van der Waals surface area (Å²) in [6.45, 7) is 2.48. The molecular formula is C16H24N2O2. The van der Waals surface area contributed by atoms with Crippen LogP contribution in [0.4, 0.5) is 5.69 Å². The van der Waals surface area contributed by atoms with Gasteiger partial charge in [0.25, 0.3) is 0 Å². The Balaban J connectivity index is 1.87. The number of amides is 1. The highest BCUT2D eigenvalue weighted by Gasteiger charge is 2.20. The average Bonchev–Trinajstić information content (AvgIpc) is 2.92. The number of carbonyl (C=O) groups excluding carboxylic acids is 1. The van der Waals surface area contributed by atoms with Gasteiger partial charge in [0.2, 0.25) is 5.91 Å². The minimum atomic E-state index is -0.228. The van der Waals surface area contributed by atoms with Crippen LogP contribution in [0.5, 0.6) is 0 Å². The monoisotopic (exact) mass is 276 g/mol. The lowest BCUT2D eigenvalue weighted by Crippen LogP contribution is -2.42. The molecule has 0 heterocycles. The highest BCUT2D eigenvalue weighted by molar-refractivity contribution is 5.84. The minimum absolute atomic E-state index is 0.0778. The number of benzene rings is 1. The second kappa shape index (κ2) is 7.29. The standard InChI is InChI=1S/C16H24N2O2/c1-12(16(19)18-14-7-3-4-8-14)17-15-9-5-6-13(10-15)11-20-2/h5-6,9-10,12,14,17H,3-4,7-8,11H2,1-2H3,(H,18,19). The molecule has 0 aliphatic heterocycles. The number of ether oxygens (including phenoxy) is 1. The van der Waals surface area contributed by atoms with Gasteiger partial charge >= 0.3 is 0 Å². The number of anilines is 1. The first kappa shape index (κ1) is 14.9. The lowest BCUT2D eigenvalue weighted by molar-refractivity contribution is -0.122. The van der Waals surface area contributed by atoms with Gasteiger partial charge in [-0.3, -0.25) is 4.79 Å². The smallest absolute Gasteiger partial charge is 0.242 e. The first-order chi connectivity index (χ1) is 9.69. The summed E-state index contributed by atoms with van der Waals surface area (Å²) in [6.07, 6.45) is 4.68. The number of nitrogens with one attached hydrogen (secondary N) is 2. The van der Waals surface area contributed by atoms with Crippen molar-refractivity contribution in [3.8, 4) is 0 Å². The maximum Gasteiger partial charge on any atom is 0.242 e. The summed E-state index contributed by atoms with van der Waals surface area (Å²) >= 11 is 0. The average molecular weight is 276 g/mol. The molecule has 20 heavy (non-hydrogen) atoms. The van der Waals surface area contributed by atoms with Crippen molar-refractivity contribution in [1.82, 2.24) is 5.32 Å². The van der Waals surface area contributed by atoms with Gasteiger partial charge in [-0.1, -0.05) is 25.0 Å². The lowest BCUT2D eigenvalue weighted by atomic mass is 10.2. The van der Waals surface area contributed by atoms with E-state index in [9.17, 15) is 4.79 Å². The molecule has 4 heteroatoms. The van der Waals surface area contributed by atoms with Crippen LogP contribution in [0.3, 0.4) is 0 Å². The van der Waals surface area contributed by atoms with Crippen LogP contribution in [0.15, 0.2) is 24.3 Å². The topological polar surface area (TPSA) is 50.4 Å². The third-order valence-electron chi connectivity index (χ3n) is 3.72. The van der Waals surface area contributed by atoms with Crippen molar-refractivity contribution in [3.05, 3.63) is 29.8 Å². The Morgan fingerprint density at radius 3 is 2.85 bits per heavy atom. The maximum atomic E-state index is 12.1. The van der Waals surface area contributed by atoms with E-state index in [0.29, 0.717) is 12.6 Å². The molecule has 1 aromatic rings. The number of hydrogen-bond donors (Lipinski definition) is 2. The predicted molar refractivity (Wildman–Crippen MR) is 80.6 cm³/mol. The van der Waals surface area contributed by atoms with E-state index in [1.807, 2.05) is 31.2 Å². The van der Waals surface area contributed by atoms with E-state index in [2.05, 4.69) is 10.6 Å². The molecule has 2 rings (SSSR count). The highest BCUT2D eigenvalue weighted by atomic mass is 16.5.